The fraction of sp³-hybridized carbons (Fsp3) is 0.0769. The summed E-state index contributed by atoms with van der Waals surface area (Å²) in [6.07, 6.45) is 1.44. The summed E-state index contributed by atoms with van der Waals surface area (Å²) in [5, 5.41) is 28.3. The van der Waals surface area contributed by atoms with Crippen LogP contribution in [-0.4, -0.2) is 21.3 Å². The first-order valence-electron chi connectivity index (χ1n) is 5.48. The molecule has 2 N–H and O–H groups in total. The van der Waals surface area contributed by atoms with E-state index in [4.69, 9.17) is 10.4 Å². The Morgan fingerprint density at radius 2 is 2.26 bits per heavy atom. The van der Waals surface area contributed by atoms with E-state index in [1.807, 2.05) is 6.07 Å². The second kappa shape index (κ2) is 5.60. The van der Waals surface area contributed by atoms with Crippen LogP contribution in [0.2, 0.25) is 0 Å². The Hall–Kier alpha value is -2.94. The number of anilines is 1. The molecule has 6 heteroatoms. The highest BCUT2D eigenvalue weighted by molar-refractivity contribution is 5.87. The van der Waals surface area contributed by atoms with Crippen molar-refractivity contribution < 1.29 is 9.90 Å². The summed E-state index contributed by atoms with van der Waals surface area (Å²) in [5.41, 5.74) is 1.40. The molecule has 2 rings (SSSR count). The molecular formula is C13H10N4O2. The van der Waals surface area contributed by atoms with Crippen LogP contribution in [0.1, 0.15) is 21.5 Å². The van der Waals surface area contributed by atoms with Crippen LogP contribution in [0, 0.1) is 11.3 Å². The molecule has 0 radical (unpaired) electrons. The maximum Gasteiger partial charge on any atom is 0.335 e. The number of nitriles is 1. The first-order valence-corrected chi connectivity index (χ1v) is 5.48. The number of carboxylic acids is 1. The van der Waals surface area contributed by atoms with E-state index in [1.165, 1.54) is 12.3 Å². The number of hydrogen-bond donors (Lipinski definition) is 2. The van der Waals surface area contributed by atoms with Crippen LogP contribution in [0.25, 0.3) is 0 Å². The van der Waals surface area contributed by atoms with Gasteiger partial charge in [-0.15, -0.1) is 5.10 Å². The van der Waals surface area contributed by atoms with Gasteiger partial charge in [-0.3, -0.25) is 0 Å². The van der Waals surface area contributed by atoms with Gasteiger partial charge in [0.25, 0.3) is 0 Å². The number of carboxylic acid groups (broad SMARTS) is 1. The first-order chi connectivity index (χ1) is 9.20. The summed E-state index contributed by atoms with van der Waals surface area (Å²) in [4.78, 5) is 10.8. The molecule has 94 valence electrons. The van der Waals surface area contributed by atoms with Gasteiger partial charge in [0, 0.05) is 6.54 Å². The molecule has 1 aromatic carbocycles. The lowest BCUT2D eigenvalue weighted by atomic mass is 10.1. The predicted molar refractivity (Wildman–Crippen MR) is 67.5 cm³/mol. The van der Waals surface area contributed by atoms with Gasteiger partial charge < -0.3 is 10.4 Å². The molecule has 0 amide bonds. The Morgan fingerprint density at radius 3 is 3.00 bits per heavy atom. The van der Waals surface area contributed by atoms with Crippen molar-refractivity contribution in [3.05, 3.63) is 53.2 Å². The number of aromatic carboxylic acids is 1. The molecule has 1 heterocycles. The number of carbonyl (C=O) groups is 1. The van der Waals surface area contributed by atoms with Gasteiger partial charge in [-0.1, -0.05) is 12.1 Å². The summed E-state index contributed by atoms with van der Waals surface area (Å²) < 4.78 is 0. The SMILES string of the molecule is N#Cc1ccnnc1NCc1cccc(C(=O)O)c1. The summed E-state index contributed by atoms with van der Waals surface area (Å²) in [5.74, 6) is -0.593. The Bertz CT molecular complexity index is 649. The van der Waals surface area contributed by atoms with Crippen LogP contribution < -0.4 is 5.32 Å². The standard InChI is InChI=1S/C13H10N4O2/c14-7-11-4-5-16-17-12(11)15-8-9-2-1-3-10(6-9)13(18)19/h1-6H,8H2,(H,15,17)(H,18,19). The number of rotatable bonds is 4. The second-order valence-electron chi connectivity index (χ2n) is 3.76. The highest BCUT2D eigenvalue weighted by atomic mass is 16.4. The number of aromatic nitrogens is 2. The largest absolute Gasteiger partial charge is 0.478 e. The molecule has 0 aliphatic carbocycles. The molecule has 19 heavy (non-hydrogen) atoms. The summed E-state index contributed by atoms with van der Waals surface area (Å²) >= 11 is 0. The third-order valence-corrected chi connectivity index (χ3v) is 2.48. The van der Waals surface area contributed by atoms with E-state index in [0.717, 1.165) is 5.56 Å². The minimum Gasteiger partial charge on any atom is -0.478 e. The molecule has 2 aromatic rings. The smallest absolute Gasteiger partial charge is 0.335 e. The highest BCUT2D eigenvalue weighted by Crippen LogP contribution is 2.11. The van der Waals surface area contributed by atoms with Gasteiger partial charge in [-0.25, -0.2) is 4.79 Å². The monoisotopic (exact) mass is 254 g/mol. The molecule has 0 saturated heterocycles. The first kappa shape index (κ1) is 12.5. The zero-order valence-corrected chi connectivity index (χ0v) is 9.87. The van der Waals surface area contributed by atoms with Gasteiger partial charge in [-0.2, -0.15) is 10.4 Å². The van der Waals surface area contributed by atoms with Gasteiger partial charge in [0.2, 0.25) is 0 Å². The Balaban J connectivity index is 2.13. The lowest BCUT2D eigenvalue weighted by Gasteiger charge is -2.06. The average molecular weight is 254 g/mol. The minimum atomic E-state index is -0.973. The Kier molecular flexibility index (Phi) is 3.69. The molecule has 6 nitrogen and oxygen atoms in total. The van der Waals surface area contributed by atoms with Crippen molar-refractivity contribution in [1.82, 2.24) is 10.2 Å². The molecule has 1 aromatic heterocycles. The van der Waals surface area contributed by atoms with Crippen LogP contribution in [0.3, 0.4) is 0 Å². The van der Waals surface area contributed by atoms with Gasteiger partial charge in [0.15, 0.2) is 5.82 Å². The van der Waals surface area contributed by atoms with Crippen molar-refractivity contribution in [2.75, 3.05) is 5.32 Å². The molecule has 0 fully saturated rings. The molecular weight excluding hydrogens is 244 g/mol. The number of nitrogens with one attached hydrogen (secondary N) is 1. The third kappa shape index (κ3) is 3.04. The van der Waals surface area contributed by atoms with Crippen LogP contribution in [0.4, 0.5) is 5.82 Å². The number of nitrogens with zero attached hydrogens (tertiary/aromatic N) is 3. The van der Waals surface area contributed by atoms with Crippen molar-refractivity contribution in [2.45, 2.75) is 6.54 Å². The van der Waals surface area contributed by atoms with E-state index in [1.54, 1.807) is 24.3 Å². The maximum absolute atomic E-state index is 10.8. The lowest BCUT2D eigenvalue weighted by molar-refractivity contribution is 0.0697. The van der Waals surface area contributed by atoms with Crippen LogP contribution >= 0.6 is 0 Å². The Morgan fingerprint density at radius 1 is 1.42 bits per heavy atom. The van der Waals surface area contributed by atoms with Gasteiger partial charge in [0.1, 0.15) is 6.07 Å². The Labute approximate surface area is 109 Å². The van der Waals surface area contributed by atoms with E-state index in [0.29, 0.717) is 17.9 Å². The molecule has 0 aliphatic rings. The number of benzene rings is 1. The molecule has 0 aliphatic heterocycles. The lowest BCUT2D eigenvalue weighted by Crippen LogP contribution is -2.05. The van der Waals surface area contributed by atoms with Crippen LogP contribution in [0.15, 0.2) is 36.5 Å². The number of hydrogen-bond acceptors (Lipinski definition) is 5. The molecule has 0 saturated carbocycles. The zero-order chi connectivity index (χ0) is 13.7. The van der Waals surface area contributed by atoms with E-state index in [9.17, 15) is 4.79 Å². The predicted octanol–water partition coefficient (Wildman–Crippen LogP) is 1.66. The summed E-state index contributed by atoms with van der Waals surface area (Å²) in [7, 11) is 0. The fourth-order valence-electron chi connectivity index (χ4n) is 1.55. The van der Waals surface area contributed by atoms with Crippen LogP contribution in [-0.2, 0) is 6.54 Å². The van der Waals surface area contributed by atoms with E-state index < -0.39 is 5.97 Å². The quantitative estimate of drug-likeness (QED) is 0.860. The van der Waals surface area contributed by atoms with Gasteiger partial charge in [-0.05, 0) is 23.8 Å². The summed E-state index contributed by atoms with van der Waals surface area (Å²) in [6, 6.07) is 10.1. The van der Waals surface area contributed by atoms with E-state index in [2.05, 4.69) is 15.5 Å². The van der Waals surface area contributed by atoms with Crippen molar-refractivity contribution in [3.8, 4) is 6.07 Å². The van der Waals surface area contributed by atoms with E-state index >= 15 is 0 Å². The van der Waals surface area contributed by atoms with Gasteiger partial charge in [0.05, 0.1) is 17.3 Å². The molecule has 0 spiro atoms. The van der Waals surface area contributed by atoms with Crippen molar-refractivity contribution in [3.63, 3.8) is 0 Å². The van der Waals surface area contributed by atoms with Crippen molar-refractivity contribution in [2.24, 2.45) is 0 Å². The molecule has 0 atom stereocenters. The van der Waals surface area contributed by atoms with Gasteiger partial charge >= 0.3 is 5.97 Å². The highest BCUT2D eigenvalue weighted by Gasteiger charge is 2.05. The maximum atomic E-state index is 10.8. The zero-order valence-electron chi connectivity index (χ0n) is 9.87. The average Bonchev–Trinajstić information content (AvgIpc) is 2.45. The third-order valence-electron chi connectivity index (χ3n) is 2.48. The minimum absolute atomic E-state index is 0.221. The summed E-state index contributed by atoms with van der Waals surface area (Å²) in [6.45, 7) is 0.370. The topological polar surface area (TPSA) is 98.9 Å². The second-order valence-corrected chi connectivity index (χ2v) is 3.76. The molecule has 0 unspecified atom stereocenters. The van der Waals surface area contributed by atoms with E-state index in [-0.39, 0.29) is 5.56 Å². The fourth-order valence-corrected chi connectivity index (χ4v) is 1.55. The van der Waals surface area contributed by atoms with Crippen molar-refractivity contribution >= 4 is 11.8 Å². The normalized spacial score (nSPS) is 9.63. The van der Waals surface area contributed by atoms with Crippen LogP contribution in [0.5, 0.6) is 0 Å². The van der Waals surface area contributed by atoms with Crippen molar-refractivity contribution in [1.29, 1.82) is 5.26 Å². The molecule has 0 bridgehead atoms.